The summed E-state index contributed by atoms with van der Waals surface area (Å²) in [5.74, 6) is 1.42. The van der Waals surface area contributed by atoms with Crippen LogP contribution in [0.3, 0.4) is 0 Å². The van der Waals surface area contributed by atoms with Crippen molar-refractivity contribution in [2.75, 3.05) is 32.7 Å². The first-order chi connectivity index (χ1) is 14.7. The van der Waals surface area contributed by atoms with Crippen LogP contribution in [0.25, 0.3) is 0 Å². The quantitative estimate of drug-likeness (QED) is 0.589. The third-order valence-corrected chi connectivity index (χ3v) is 5.63. The first-order valence-electron chi connectivity index (χ1n) is 10.2. The standard InChI is InChI=1S/C22H25N5O2S/c28-22(18-8-4-10-23-21(18)30)27-14-12-26(13-15-27)11-5-9-20-24-19(25-29-20)16-17-6-2-1-3-7-17/h1-4,6-8,10H,5,9,11-16H2,(H,23,30). The van der Waals surface area contributed by atoms with Crippen LogP contribution in [0.15, 0.2) is 53.2 Å². The first-order valence-corrected chi connectivity index (χ1v) is 10.6. The molecule has 7 nitrogen and oxygen atoms in total. The molecule has 0 aliphatic carbocycles. The first kappa shape index (κ1) is 20.4. The van der Waals surface area contributed by atoms with E-state index in [2.05, 4.69) is 32.2 Å². The maximum Gasteiger partial charge on any atom is 0.256 e. The molecule has 1 aliphatic heterocycles. The van der Waals surface area contributed by atoms with E-state index >= 15 is 0 Å². The van der Waals surface area contributed by atoms with Crippen molar-refractivity contribution in [3.05, 3.63) is 76.1 Å². The van der Waals surface area contributed by atoms with Gasteiger partial charge in [-0.15, -0.1) is 0 Å². The van der Waals surface area contributed by atoms with Crippen LogP contribution >= 0.6 is 12.2 Å². The number of piperazine rings is 1. The number of aryl methyl sites for hydroxylation is 1. The second-order valence-electron chi connectivity index (χ2n) is 7.42. The van der Waals surface area contributed by atoms with E-state index < -0.39 is 0 Å². The van der Waals surface area contributed by atoms with E-state index in [1.165, 1.54) is 5.56 Å². The van der Waals surface area contributed by atoms with Gasteiger partial charge in [-0.3, -0.25) is 9.69 Å². The number of benzene rings is 1. The van der Waals surface area contributed by atoms with Gasteiger partial charge in [0.1, 0.15) is 4.64 Å². The SMILES string of the molecule is O=C(c1ccc[nH]c1=S)N1CCN(CCCc2nc(Cc3ccccc3)no2)CC1. The van der Waals surface area contributed by atoms with E-state index in [-0.39, 0.29) is 5.91 Å². The average Bonchev–Trinajstić information content (AvgIpc) is 3.22. The molecule has 1 aromatic carbocycles. The third-order valence-electron chi connectivity index (χ3n) is 5.29. The normalized spacial score (nSPS) is 14.7. The Morgan fingerprint density at radius 2 is 1.90 bits per heavy atom. The number of nitrogens with zero attached hydrogens (tertiary/aromatic N) is 4. The van der Waals surface area contributed by atoms with Gasteiger partial charge in [0, 0.05) is 45.2 Å². The second-order valence-corrected chi connectivity index (χ2v) is 7.83. The molecule has 1 amide bonds. The Hall–Kier alpha value is -2.84. The number of amides is 1. The minimum Gasteiger partial charge on any atom is -0.352 e. The van der Waals surface area contributed by atoms with Gasteiger partial charge in [-0.2, -0.15) is 4.98 Å². The maximum atomic E-state index is 12.7. The van der Waals surface area contributed by atoms with Gasteiger partial charge >= 0.3 is 0 Å². The molecule has 30 heavy (non-hydrogen) atoms. The highest BCUT2D eigenvalue weighted by atomic mass is 32.1. The van der Waals surface area contributed by atoms with Crippen LogP contribution in [0, 0.1) is 4.64 Å². The fourth-order valence-electron chi connectivity index (χ4n) is 3.63. The number of aromatic amines is 1. The zero-order valence-electron chi connectivity index (χ0n) is 16.8. The fourth-order valence-corrected chi connectivity index (χ4v) is 3.85. The van der Waals surface area contributed by atoms with Crippen LogP contribution < -0.4 is 0 Å². The van der Waals surface area contributed by atoms with Crippen LogP contribution in [0.4, 0.5) is 0 Å². The number of carbonyl (C=O) groups is 1. The molecule has 0 spiro atoms. The molecule has 1 fully saturated rings. The van der Waals surface area contributed by atoms with Crippen molar-refractivity contribution in [1.82, 2.24) is 24.9 Å². The molecule has 156 valence electrons. The lowest BCUT2D eigenvalue weighted by molar-refractivity contribution is 0.0634. The van der Waals surface area contributed by atoms with Crippen LogP contribution in [0.2, 0.25) is 0 Å². The second kappa shape index (κ2) is 9.77. The van der Waals surface area contributed by atoms with Crippen molar-refractivity contribution in [3.8, 4) is 0 Å². The highest BCUT2D eigenvalue weighted by molar-refractivity contribution is 7.71. The zero-order chi connectivity index (χ0) is 20.8. The molecular weight excluding hydrogens is 398 g/mol. The summed E-state index contributed by atoms with van der Waals surface area (Å²) in [6, 6.07) is 13.7. The van der Waals surface area contributed by atoms with Gasteiger partial charge in [-0.25, -0.2) is 0 Å². The number of rotatable bonds is 7. The summed E-state index contributed by atoms with van der Waals surface area (Å²) in [6.07, 6.45) is 4.14. The topological polar surface area (TPSA) is 78.3 Å². The van der Waals surface area contributed by atoms with Crippen molar-refractivity contribution in [3.63, 3.8) is 0 Å². The van der Waals surface area contributed by atoms with E-state index in [0.29, 0.717) is 35.6 Å². The summed E-state index contributed by atoms with van der Waals surface area (Å²) in [5.41, 5.74) is 1.75. The van der Waals surface area contributed by atoms with Crippen molar-refractivity contribution >= 4 is 18.1 Å². The summed E-state index contributed by atoms with van der Waals surface area (Å²) in [7, 11) is 0. The Bertz CT molecular complexity index is 1030. The summed E-state index contributed by atoms with van der Waals surface area (Å²) < 4.78 is 5.89. The predicted octanol–water partition coefficient (Wildman–Crippen LogP) is 3.11. The average molecular weight is 424 g/mol. The van der Waals surface area contributed by atoms with E-state index in [0.717, 1.165) is 38.3 Å². The van der Waals surface area contributed by atoms with Gasteiger partial charge in [0.05, 0.1) is 5.56 Å². The molecule has 0 atom stereocenters. The number of hydrogen-bond donors (Lipinski definition) is 1. The molecule has 1 N–H and O–H groups in total. The number of aromatic nitrogens is 3. The monoisotopic (exact) mass is 423 g/mol. The fraction of sp³-hybridized carbons (Fsp3) is 0.364. The van der Waals surface area contributed by atoms with Crippen molar-refractivity contribution in [2.45, 2.75) is 19.3 Å². The minimum absolute atomic E-state index is 0.00769. The number of hydrogen-bond acceptors (Lipinski definition) is 6. The Balaban J connectivity index is 1.20. The number of H-pyrrole nitrogens is 1. The molecule has 0 bridgehead atoms. The Morgan fingerprint density at radius 3 is 2.67 bits per heavy atom. The molecule has 4 rings (SSSR count). The summed E-state index contributed by atoms with van der Waals surface area (Å²) >= 11 is 5.23. The Kier molecular flexibility index (Phi) is 6.66. The molecule has 8 heteroatoms. The van der Waals surface area contributed by atoms with E-state index in [1.807, 2.05) is 29.2 Å². The lowest BCUT2D eigenvalue weighted by Crippen LogP contribution is -2.49. The molecule has 2 aromatic heterocycles. The van der Waals surface area contributed by atoms with Crippen molar-refractivity contribution in [1.29, 1.82) is 0 Å². The predicted molar refractivity (Wildman–Crippen MR) is 116 cm³/mol. The highest BCUT2D eigenvalue weighted by Crippen LogP contribution is 2.11. The van der Waals surface area contributed by atoms with Gasteiger partial charge in [-0.05, 0) is 30.7 Å². The molecule has 3 aromatic rings. The van der Waals surface area contributed by atoms with Gasteiger partial charge in [0.25, 0.3) is 5.91 Å². The maximum absolute atomic E-state index is 12.7. The van der Waals surface area contributed by atoms with Crippen LogP contribution in [-0.2, 0) is 12.8 Å². The molecule has 1 aliphatic rings. The number of pyridine rings is 1. The minimum atomic E-state index is 0.00769. The highest BCUT2D eigenvalue weighted by Gasteiger charge is 2.22. The number of carbonyl (C=O) groups excluding carboxylic acids is 1. The zero-order valence-corrected chi connectivity index (χ0v) is 17.6. The number of nitrogens with one attached hydrogen (secondary N) is 1. The van der Waals surface area contributed by atoms with Gasteiger partial charge < -0.3 is 14.4 Å². The van der Waals surface area contributed by atoms with E-state index in [1.54, 1.807) is 12.3 Å². The molecule has 0 saturated carbocycles. The van der Waals surface area contributed by atoms with Crippen molar-refractivity contribution < 1.29 is 9.32 Å². The molecule has 3 heterocycles. The summed E-state index contributed by atoms with van der Waals surface area (Å²) in [6.45, 7) is 4.09. The lowest BCUT2D eigenvalue weighted by Gasteiger charge is -2.34. The Morgan fingerprint density at radius 1 is 1.10 bits per heavy atom. The van der Waals surface area contributed by atoms with E-state index in [4.69, 9.17) is 16.7 Å². The summed E-state index contributed by atoms with van der Waals surface area (Å²) in [5, 5.41) is 4.09. The van der Waals surface area contributed by atoms with Gasteiger partial charge in [0.2, 0.25) is 5.89 Å². The molecule has 0 unspecified atom stereocenters. The molecule has 0 radical (unpaired) electrons. The third kappa shape index (κ3) is 5.20. The van der Waals surface area contributed by atoms with Crippen LogP contribution in [0.1, 0.15) is 34.1 Å². The van der Waals surface area contributed by atoms with Crippen LogP contribution in [0.5, 0.6) is 0 Å². The molecular formula is C22H25N5O2S. The van der Waals surface area contributed by atoms with Crippen LogP contribution in [-0.4, -0.2) is 63.6 Å². The summed E-state index contributed by atoms with van der Waals surface area (Å²) in [4.78, 5) is 24.3. The van der Waals surface area contributed by atoms with Gasteiger partial charge in [-0.1, -0.05) is 47.7 Å². The van der Waals surface area contributed by atoms with E-state index in [9.17, 15) is 4.79 Å². The van der Waals surface area contributed by atoms with Crippen molar-refractivity contribution in [2.24, 2.45) is 0 Å². The smallest absolute Gasteiger partial charge is 0.256 e. The largest absolute Gasteiger partial charge is 0.352 e. The molecule has 1 saturated heterocycles. The Labute approximate surface area is 180 Å². The lowest BCUT2D eigenvalue weighted by atomic mass is 10.1. The van der Waals surface area contributed by atoms with Gasteiger partial charge in [0.15, 0.2) is 5.82 Å².